The topological polar surface area (TPSA) is 88.5 Å². The fourth-order valence-corrected chi connectivity index (χ4v) is 2.50. The van der Waals surface area contributed by atoms with Gasteiger partial charge in [-0.2, -0.15) is 0 Å². The zero-order chi connectivity index (χ0) is 11.9. The molecule has 0 fully saturated rings. The molecular weight excluding hydrogens is 228 g/mol. The molecule has 0 rings (SSSR count). The van der Waals surface area contributed by atoms with Crippen LogP contribution >= 0.6 is 0 Å². The van der Waals surface area contributed by atoms with Gasteiger partial charge >= 0.3 is 63.2 Å². The van der Waals surface area contributed by atoms with Crippen LogP contribution in [0.5, 0.6) is 0 Å². The molecule has 0 saturated carbocycles. The average molecular weight is 241 g/mol. The maximum atomic E-state index is 10.6. The van der Waals surface area contributed by atoms with Crippen LogP contribution in [-0.4, -0.2) is 25.0 Å². The first-order valence-corrected chi connectivity index (χ1v) is 5.56. The summed E-state index contributed by atoms with van der Waals surface area (Å²) < 4.78 is -0.750. The molecule has 0 aromatic rings. The first-order chi connectivity index (χ1) is 6.20. The number of carboxylic acid groups (broad SMARTS) is 1. The molecule has 0 aliphatic heterocycles. The number of carboxylic acids is 1. The molecule has 0 bridgehead atoms. The molecule has 81 valence electrons. The Morgan fingerprint density at radius 1 is 0.786 bits per heavy atom. The molecule has 0 aromatic heterocycles. The van der Waals surface area contributed by atoms with E-state index in [-0.39, 0.29) is 13.9 Å². The Kier molecular flexibility index (Phi) is 8.21. The summed E-state index contributed by atoms with van der Waals surface area (Å²) in [4.78, 5) is 40.9. The number of aliphatic carboxylic acids is 1. The van der Waals surface area contributed by atoms with Crippen molar-refractivity contribution >= 4 is 19.9 Å². The number of rotatable bonds is 3. The van der Waals surface area contributed by atoms with Gasteiger partial charge in [0.15, 0.2) is 0 Å². The van der Waals surface area contributed by atoms with Crippen molar-refractivity contribution in [2.24, 2.45) is 0 Å². The predicted octanol–water partition coefficient (Wildman–Crippen LogP) is 0.335. The zero-order valence-electron chi connectivity index (χ0n) is 8.49. The van der Waals surface area contributed by atoms with Crippen molar-refractivity contribution in [3.05, 3.63) is 0 Å². The summed E-state index contributed by atoms with van der Waals surface area (Å²) in [5.74, 6) is -0.833. The Morgan fingerprint density at radius 2 is 0.929 bits per heavy atom. The molecule has 0 aromatic carbocycles. The SMILES string of the molecule is CC(=O)O.C[C](=O)[Cr]([C](C)=O)[C](C)=O. The van der Waals surface area contributed by atoms with E-state index in [0.29, 0.717) is 0 Å². The van der Waals surface area contributed by atoms with Gasteiger partial charge in [-0.15, -0.1) is 0 Å². The summed E-state index contributed by atoms with van der Waals surface area (Å²) in [5.41, 5.74) is 0. The summed E-state index contributed by atoms with van der Waals surface area (Å²) >= 11 is -2.24. The summed E-state index contributed by atoms with van der Waals surface area (Å²) in [6.07, 6.45) is 0. The molecule has 14 heavy (non-hydrogen) atoms. The Bertz CT molecular complexity index is 221. The van der Waals surface area contributed by atoms with Crippen LogP contribution in [0, 0.1) is 0 Å². The zero-order valence-corrected chi connectivity index (χ0v) is 9.76. The fourth-order valence-electron chi connectivity index (χ4n) is 0.607. The summed E-state index contributed by atoms with van der Waals surface area (Å²) in [5, 5.41) is 7.42. The first-order valence-electron chi connectivity index (χ1n) is 3.65. The molecule has 0 unspecified atom stereocenters. The van der Waals surface area contributed by atoms with E-state index in [2.05, 4.69) is 0 Å². The molecule has 0 aliphatic carbocycles. The molecule has 0 radical (unpaired) electrons. The van der Waals surface area contributed by atoms with E-state index in [1.165, 1.54) is 20.8 Å². The molecule has 0 aliphatic rings. The molecule has 5 nitrogen and oxygen atoms in total. The third kappa shape index (κ3) is 9.10. The minimum absolute atomic E-state index is 0.250. The average Bonchev–Trinajstić information content (AvgIpc) is 1.80. The van der Waals surface area contributed by atoms with Crippen LogP contribution in [0.15, 0.2) is 0 Å². The predicted molar refractivity (Wildman–Crippen MR) is 45.4 cm³/mol. The van der Waals surface area contributed by atoms with E-state index in [4.69, 9.17) is 9.90 Å². The van der Waals surface area contributed by atoms with Gasteiger partial charge in [0, 0.05) is 6.92 Å². The van der Waals surface area contributed by atoms with Gasteiger partial charge < -0.3 is 5.11 Å². The first kappa shape index (κ1) is 15.5. The minimum atomic E-state index is -2.24. The van der Waals surface area contributed by atoms with Crippen molar-refractivity contribution in [1.82, 2.24) is 0 Å². The second-order valence-electron chi connectivity index (χ2n) is 2.30. The molecule has 1 N–H and O–H groups in total. The molecule has 0 amide bonds. The van der Waals surface area contributed by atoms with Crippen molar-refractivity contribution in [2.45, 2.75) is 27.7 Å². The summed E-state index contributed by atoms with van der Waals surface area (Å²) in [7, 11) is 0. The fraction of sp³-hybridized carbons (Fsp3) is 0.500. The van der Waals surface area contributed by atoms with E-state index in [0.717, 1.165) is 6.92 Å². The summed E-state index contributed by atoms with van der Waals surface area (Å²) in [6.45, 7) is 4.98. The van der Waals surface area contributed by atoms with E-state index in [9.17, 15) is 14.4 Å². The van der Waals surface area contributed by atoms with Gasteiger partial charge in [0.05, 0.1) is 0 Å². The molecular formula is C8H13CrO5. The van der Waals surface area contributed by atoms with Crippen LogP contribution in [-0.2, 0) is 33.3 Å². The van der Waals surface area contributed by atoms with Crippen molar-refractivity contribution in [2.75, 3.05) is 0 Å². The maximum absolute atomic E-state index is 10.6. The van der Waals surface area contributed by atoms with Crippen molar-refractivity contribution in [3.63, 3.8) is 0 Å². The molecule has 6 heteroatoms. The Labute approximate surface area is 86.5 Å². The molecule has 0 saturated heterocycles. The Hall–Kier alpha value is -0.988. The van der Waals surface area contributed by atoms with Gasteiger partial charge in [-0.05, 0) is 0 Å². The van der Waals surface area contributed by atoms with Crippen LogP contribution in [0.2, 0.25) is 0 Å². The number of hydrogen-bond acceptors (Lipinski definition) is 4. The quantitative estimate of drug-likeness (QED) is 0.769. The second kappa shape index (κ2) is 7.42. The Balaban J connectivity index is 0. The van der Waals surface area contributed by atoms with Crippen molar-refractivity contribution in [3.8, 4) is 0 Å². The number of carbonyl (C=O) groups excluding carboxylic acids is 3. The Morgan fingerprint density at radius 3 is 0.929 bits per heavy atom. The van der Waals surface area contributed by atoms with E-state index in [1.807, 2.05) is 0 Å². The van der Waals surface area contributed by atoms with Crippen LogP contribution in [0.1, 0.15) is 27.7 Å². The summed E-state index contributed by atoms with van der Waals surface area (Å²) in [6, 6.07) is 0. The van der Waals surface area contributed by atoms with Crippen LogP contribution in [0.25, 0.3) is 0 Å². The van der Waals surface area contributed by atoms with Gasteiger partial charge in [0.25, 0.3) is 5.97 Å². The monoisotopic (exact) mass is 241 g/mol. The number of hydrogen-bond donors (Lipinski definition) is 1. The van der Waals surface area contributed by atoms with Gasteiger partial charge in [-0.25, -0.2) is 0 Å². The molecule has 0 spiro atoms. The van der Waals surface area contributed by atoms with Crippen molar-refractivity contribution in [1.29, 1.82) is 0 Å². The third-order valence-corrected chi connectivity index (χ3v) is 3.56. The van der Waals surface area contributed by atoms with Gasteiger partial charge in [-0.1, -0.05) is 0 Å². The molecule has 0 heterocycles. The van der Waals surface area contributed by atoms with E-state index < -0.39 is 20.1 Å². The van der Waals surface area contributed by atoms with Gasteiger partial charge in [0.2, 0.25) is 0 Å². The van der Waals surface area contributed by atoms with E-state index >= 15 is 0 Å². The van der Waals surface area contributed by atoms with Crippen LogP contribution < -0.4 is 0 Å². The third-order valence-electron chi connectivity index (χ3n) is 0.862. The standard InChI is InChI=1S/C2H4O2.3C2H3O.Cr/c1-2(3)4;3*1-2-3;/h1H3,(H,3,4);3*1H3;. The van der Waals surface area contributed by atoms with Gasteiger partial charge in [0.1, 0.15) is 0 Å². The normalized spacial score (nSPS) is 8.64. The number of carbonyl (C=O) groups is 4. The molecule has 0 atom stereocenters. The van der Waals surface area contributed by atoms with Crippen LogP contribution in [0.3, 0.4) is 0 Å². The van der Waals surface area contributed by atoms with Crippen molar-refractivity contribution < 1.29 is 38.4 Å². The second-order valence-corrected chi connectivity index (χ2v) is 5.95. The van der Waals surface area contributed by atoms with Crippen LogP contribution in [0.4, 0.5) is 0 Å². The van der Waals surface area contributed by atoms with E-state index in [1.54, 1.807) is 0 Å². The van der Waals surface area contributed by atoms with Gasteiger partial charge in [-0.3, -0.25) is 4.79 Å².